The zero-order valence-corrected chi connectivity index (χ0v) is 12.9. The van der Waals surface area contributed by atoms with Gasteiger partial charge < -0.3 is 15.4 Å². The Labute approximate surface area is 128 Å². The maximum atomic E-state index is 12.8. The van der Waals surface area contributed by atoms with Crippen molar-refractivity contribution in [3.63, 3.8) is 0 Å². The third-order valence-corrected chi connectivity index (χ3v) is 3.45. The molecule has 0 bridgehead atoms. The molecule has 0 fully saturated rings. The van der Waals surface area contributed by atoms with Gasteiger partial charge in [0.2, 0.25) is 5.91 Å². The third-order valence-electron chi connectivity index (χ3n) is 3.45. The molecule has 1 aromatic carbocycles. The molecule has 0 aromatic heterocycles. The largest absolute Gasteiger partial charge is 0.416 e. The van der Waals surface area contributed by atoms with Crippen molar-refractivity contribution in [2.75, 3.05) is 20.3 Å². The Morgan fingerprint density at radius 1 is 1.41 bits per heavy atom. The molecular weight excluding hydrogens is 297 g/mol. The van der Waals surface area contributed by atoms with Crippen LogP contribution in [0.15, 0.2) is 24.3 Å². The molecule has 1 aromatic rings. The van der Waals surface area contributed by atoms with Gasteiger partial charge in [-0.2, -0.15) is 13.2 Å². The minimum absolute atomic E-state index is 0.0602. The second-order valence-electron chi connectivity index (χ2n) is 4.99. The number of hydrogen-bond acceptors (Lipinski definition) is 3. The summed E-state index contributed by atoms with van der Waals surface area (Å²) < 4.78 is 43.2. The predicted octanol–water partition coefficient (Wildman–Crippen LogP) is 2.59. The molecule has 124 valence electrons. The van der Waals surface area contributed by atoms with E-state index < -0.39 is 23.8 Å². The lowest BCUT2D eigenvalue weighted by Crippen LogP contribution is -2.47. The summed E-state index contributed by atoms with van der Waals surface area (Å²) in [5, 5.41) is 0. The molecule has 0 aliphatic heterocycles. The Hall–Kier alpha value is -1.60. The van der Waals surface area contributed by atoms with Gasteiger partial charge in [-0.25, -0.2) is 0 Å². The first-order chi connectivity index (χ1) is 10.2. The highest BCUT2D eigenvalue weighted by atomic mass is 19.4. The van der Waals surface area contributed by atoms with Crippen LogP contribution >= 0.6 is 0 Å². The molecule has 0 radical (unpaired) electrons. The van der Waals surface area contributed by atoms with Crippen LogP contribution in [0.1, 0.15) is 31.0 Å². The number of methoxy groups -OCH3 is 1. The van der Waals surface area contributed by atoms with E-state index >= 15 is 0 Å². The maximum absolute atomic E-state index is 12.8. The number of halogens is 3. The van der Waals surface area contributed by atoms with Crippen LogP contribution in [0.5, 0.6) is 0 Å². The van der Waals surface area contributed by atoms with E-state index in [0.717, 1.165) is 12.1 Å². The van der Waals surface area contributed by atoms with Crippen LogP contribution < -0.4 is 5.73 Å². The Morgan fingerprint density at radius 2 is 2.05 bits per heavy atom. The fraction of sp³-hybridized carbons (Fsp3) is 0.533. The zero-order chi connectivity index (χ0) is 16.9. The molecule has 2 unspecified atom stereocenters. The van der Waals surface area contributed by atoms with E-state index in [2.05, 4.69) is 0 Å². The number of rotatable bonds is 6. The number of carbonyl (C=O) groups is 1. The molecular formula is C15H21F3N2O2. The van der Waals surface area contributed by atoms with Gasteiger partial charge in [0.05, 0.1) is 18.2 Å². The average Bonchev–Trinajstić information content (AvgIpc) is 2.47. The van der Waals surface area contributed by atoms with Crippen LogP contribution in [-0.2, 0) is 15.7 Å². The van der Waals surface area contributed by atoms with Crippen molar-refractivity contribution >= 4 is 5.91 Å². The van der Waals surface area contributed by atoms with Crippen LogP contribution in [0.3, 0.4) is 0 Å². The molecule has 0 aliphatic carbocycles. The number of hydrogen-bond donors (Lipinski definition) is 1. The SMILES string of the molecule is CCN(C(=O)C(N)COC)C(C)c1cccc(C(F)(F)F)c1. The average molecular weight is 318 g/mol. The summed E-state index contributed by atoms with van der Waals surface area (Å²) in [6.45, 7) is 3.83. The monoisotopic (exact) mass is 318 g/mol. The first-order valence-electron chi connectivity index (χ1n) is 6.94. The quantitative estimate of drug-likeness (QED) is 0.877. The number of benzene rings is 1. The van der Waals surface area contributed by atoms with Crippen LogP contribution in [0.2, 0.25) is 0 Å². The molecule has 4 nitrogen and oxygen atoms in total. The van der Waals surface area contributed by atoms with E-state index in [1.165, 1.54) is 18.1 Å². The third kappa shape index (κ3) is 4.45. The van der Waals surface area contributed by atoms with Gasteiger partial charge in [-0.15, -0.1) is 0 Å². The Balaban J connectivity index is 3.02. The molecule has 22 heavy (non-hydrogen) atoms. The summed E-state index contributed by atoms with van der Waals surface area (Å²) in [5.41, 5.74) is 5.40. The van der Waals surface area contributed by atoms with Gasteiger partial charge in [-0.1, -0.05) is 12.1 Å². The number of nitrogens with zero attached hydrogens (tertiary/aromatic N) is 1. The van der Waals surface area contributed by atoms with E-state index in [-0.39, 0.29) is 12.5 Å². The second-order valence-corrected chi connectivity index (χ2v) is 4.99. The van der Waals surface area contributed by atoms with Gasteiger partial charge >= 0.3 is 6.18 Å². The van der Waals surface area contributed by atoms with Gasteiger partial charge in [0, 0.05) is 13.7 Å². The normalized spacial score (nSPS) is 14.5. The van der Waals surface area contributed by atoms with Gasteiger partial charge in [-0.3, -0.25) is 4.79 Å². The van der Waals surface area contributed by atoms with E-state index in [1.54, 1.807) is 19.9 Å². The molecule has 1 amide bonds. The standard InChI is InChI=1S/C15H21F3N2O2/c1-4-20(14(21)13(19)9-22-3)10(2)11-6-5-7-12(8-11)15(16,17)18/h5-8,10,13H,4,9,19H2,1-3H3. The summed E-state index contributed by atoms with van der Waals surface area (Å²) in [6, 6.07) is 3.62. The summed E-state index contributed by atoms with van der Waals surface area (Å²) in [6.07, 6.45) is -4.41. The molecule has 0 saturated heterocycles. The van der Waals surface area contributed by atoms with Crippen LogP contribution in [-0.4, -0.2) is 37.1 Å². The number of nitrogens with two attached hydrogens (primary N) is 1. The van der Waals surface area contributed by atoms with Crippen LogP contribution in [0, 0.1) is 0 Å². The molecule has 1 rings (SSSR count). The second kappa shape index (κ2) is 7.60. The predicted molar refractivity (Wildman–Crippen MR) is 77.1 cm³/mol. The summed E-state index contributed by atoms with van der Waals surface area (Å²) in [7, 11) is 1.43. The number of ether oxygens (including phenoxy) is 1. The number of likely N-dealkylation sites (N-methyl/N-ethyl adjacent to an activating group) is 1. The molecule has 0 aliphatic rings. The molecule has 0 heterocycles. The number of carbonyl (C=O) groups excluding carboxylic acids is 1. The summed E-state index contributed by atoms with van der Waals surface area (Å²) >= 11 is 0. The van der Waals surface area contributed by atoms with Crippen molar-refractivity contribution in [3.05, 3.63) is 35.4 Å². The molecule has 2 N–H and O–H groups in total. The minimum Gasteiger partial charge on any atom is -0.383 e. The lowest BCUT2D eigenvalue weighted by Gasteiger charge is -2.31. The van der Waals surface area contributed by atoms with Gasteiger partial charge in [0.15, 0.2) is 0 Å². The fourth-order valence-corrected chi connectivity index (χ4v) is 2.24. The lowest BCUT2D eigenvalue weighted by molar-refractivity contribution is -0.137. The Kier molecular flexibility index (Phi) is 6.37. The van der Waals surface area contributed by atoms with Crippen molar-refractivity contribution in [2.45, 2.75) is 32.1 Å². The lowest BCUT2D eigenvalue weighted by atomic mass is 10.0. The highest BCUT2D eigenvalue weighted by molar-refractivity contribution is 5.82. The van der Waals surface area contributed by atoms with E-state index in [4.69, 9.17) is 10.5 Å². The van der Waals surface area contributed by atoms with Gasteiger partial charge in [0.1, 0.15) is 6.04 Å². The first-order valence-corrected chi connectivity index (χ1v) is 6.94. The fourth-order valence-electron chi connectivity index (χ4n) is 2.24. The van der Waals surface area contributed by atoms with Gasteiger partial charge in [-0.05, 0) is 31.5 Å². The van der Waals surface area contributed by atoms with Gasteiger partial charge in [0.25, 0.3) is 0 Å². The number of amides is 1. The van der Waals surface area contributed by atoms with E-state index in [9.17, 15) is 18.0 Å². The van der Waals surface area contributed by atoms with Crippen LogP contribution in [0.4, 0.5) is 13.2 Å². The number of alkyl halides is 3. The first kappa shape index (κ1) is 18.4. The molecule has 0 saturated carbocycles. The topological polar surface area (TPSA) is 55.6 Å². The summed E-state index contributed by atoms with van der Waals surface area (Å²) in [4.78, 5) is 13.7. The highest BCUT2D eigenvalue weighted by Gasteiger charge is 2.32. The Bertz CT molecular complexity index is 506. The summed E-state index contributed by atoms with van der Waals surface area (Å²) in [5.74, 6) is -0.353. The van der Waals surface area contributed by atoms with Crippen molar-refractivity contribution in [1.29, 1.82) is 0 Å². The van der Waals surface area contributed by atoms with Crippen molar-refractivity contribution < 1.29 is 22.7 Å². The molecule has 7 heteroatoms. The minimum atomic E-state index is -4.41. The maximum Gasteiger partial charge on any atom is 0.416 e. The smallest absolute Gasteiger partial charge is 0.383 e. The van der Waals surface area contributed by atoms with Crippen molar-refractivity contribution in [2.24, 2.45) is 5.73 Å². The van der Waals surface area contributed by atoms with Crippen molar-refractivity contribution in [1.82, 2.24) is 4.90 Å². The van der Waals surface area contributed by atoms with Crippen molar-refractivity contribution in [3.8, 4) is 0 Å². The highest BCUT2D eigenvalue weighted by Crippen LogP contribution is 2.31. The molecule has 2 atom stereocenters. The zero-order valence-electron chi connectivity index (χ0n) is 12.9. The van der Waals surface area contributed by atoms with E-state index in [1.807, 2.05) is 0 Å². The molecule has 0 spiro atoms. The van der Waals surface area contributed by atoms with E-state index in [0.29, 0.717) is 12.1 Å². The van der Waals surface area contributed by atoms with Crippen LogP contribution in [0.25, 0.3) is 0 Å². The Morgan fingerprint density at radius 3 is 2.55 bits per heavy atom.